The Labute approximate surface area is 168 Å². The van der Waals surface area contributed by atoms with E-state index < -0.39 is 0 Å². The molecule has 1 atom stereocenters. The molecule has 2 aliphatic heterocycles. The molecule has 2 aliphatic rings. The summed E-state index contributed by atoms with van der Waals surface area (Å²) < 4.78 is 11.3. The first kappa shape index (κ1) is 17.7. The lowest BCUT2D eigenvalue weighted by atomic mass is 10.0. The summed E-state index contributed by atoms with van der Waals surface area (Å²) in [4.78, 5) is 16.2. The Morgan fingerprint density at radius 1 is 1.07 bits per heavy atom. The molecule has 1 amide bonds. The average molecular weight is 391 g/mol. The molecule has 1 aromatic heterocycles. The number of nitrogens with zero attached hydrogens (tertiary/aromatic N) is 5. The minimum Gasteiger partial charge on any atom is -0.486 e. The van der Waals surface area contributed by atoms with Crippen LogP contribution < -0.4 is 9.47 Å². The lowest BCUT2D eigenvalue weighted by Gasteiger charge is -2.26. The fourth-order valence-corrected chi connectivity index (χ4v) is 3.90. The van der Waals surface area contributed by atoms with Gasteiger partial charge in [-0.3, -0.25) is 4.79 Å². The summed E-state index contributed by atoms with van der Waals surface area (Å²) in [7, 11) is 0. The fraction of sp³-hybridized carbons (Fsp3) is 0.333. The highest BCUT2D eigenvalue weighted by Crippen LogP contribution is 2.38. The molecule has 2 aromatic carbocycles. The number of ether oxygens (including phenoxy) is 2. The SMILES string of the molecule is O=C(Cn1nnc(-c2ccccc2)n1)N1CCCC1c1ccc2c(c1)OCCO2. The van der Waals surface area contributed by atoms with Crippen LogP contribution in [0.5, 0.6) is 11.5 Å². The van der Waals surface area contributed by atoms with E-state index in [4.69, 9.17) is 9.47 Å². The van der Waals surface area contributed by atoms with Gasteiger partial charge in [-0.15, -0.1) is 10.2 Å². The second-order valence-electron chi connectivity index (χ2n) is 7.16. The van der Waals surface area contributed by atoms with E-state index in [2.05, 4.69) is 15.4 Å². The van der Waals surface area contributed by atoms with Crippen molar-refractivity contribution in [1.29, 1.82) is 0 Å². The van der Waals surface area contributed by atoms with Gasteiger partial charge in [-0.05, 0) is 35.8 Å². The molecule has 29 heavy (non-hydrogen) atoms. The number of likely N-dealkylation sites (tertiary alicyclic amines) is 1. The van der Waals surface area contributed by atoms with Crippen molar-refractivity contribution in [2.45, 2.75) is 25.4 Å². The maximum Gasteiger partial charge on any atom is 0.246 e. The maximum atomic E-state index is 13.0. The molecule has 1 saturated heterocycles. The highest BCUT2D eigenvalue weighted by molar-refractivity contribution is 5.76. The first-order chi connectivity index (χ1) is 14.3. The van der Waals surface area contributed by atoms with Crippen molar-refractivity contribution in [3.63, 3.8) is 0 Å². The number of hydrogen-bond acceptors (Lipinski definition) is 6. The van der Waals surface area contributed by atoms with Gasteiger partial charge < -0.3 is 14.4 Å². The summed E-state index contributed by atoms with van der Waals surface area (Å²) in [6.07, 6.45) is 1.89. The zero-order chi connectivity index (χ0) is 19.6. The summed E-state index contributed by atoms with van der Waals surface area (Å²) in [5, 5.41) is 12.5. The van der Waals surface area contributed by atoms with Crippen LogP contribution in [0.15, 0.2) is 48.5 Å². The van der Waals surface area contributed by atoms with E-state index in [0.717, 1.165) is 42.0 Å². The molecule has 3 aromatic rings. The number of amides is 1. The molecule has 5 rings (SSSR count). The first-order valence-electron chi connectivity index (χ1n) is 9.80. The summed E-state index contributed by atoms with van der Waals surface area (Å²) >= 11 is 0. The summed E-state index contributed by atoms with van der Waals surface area (Å²) in [5.74, 6) is 2.01. The highest BCUT2D eigenvalue weighted by atomic mass is 16.6. The van der Waals surface area contributed by atoms with E-state index in [1.54, 1.807) is 0 Å². The number of carbonyl (C=O) groups is 1. The van der Waals surface area contributed by atoms with Crippen LogP contribution in [0.3, 0.4) is 0 Å². The van der Waals surface area contributed by atoms with Crippen LogP contribution in [0.4, 0.5) is 0 Å². The van der Waals surface area contributed by atoms with E-state index in [1.165, 1.54) is 4.80 Å². The van der Waals surface area contributed by atoms with Crippen molar-refractivity contribution in [3.05, 3.63) is 54.1 Å². The quantitative estimate of drug-likeness (QED) is 0.680. The van der Waals surface area contributed by atoms with E-state index >= 15 is 0 Å². The third kappa shape index (κ3) is 3.53. The number of hydrogen-bond donors (Lipinski definition) is 0. The van der Waals surface area contributed by atoms with Gasteiger partial charge in [-0.1, -0.05) is 36.4 Å². The Balaban J connectivity index is 1.31. The lowest BCUT2D eigenvalue weighted by Crippen LogP contribution is -2.34. The van der Waals surface area contributed by atoms with Crippen LogP contribution in [0.2, 0.25) is 0 Å². The average Bonchev–Trinajstić information content (AvgIpc) is 3.44. The van der Waals surface area contributed by atoms with Crippen molar-refractivity contribution in [1.82, 2.24) is 25.1 Å². The predicted molar refractivity (Wildman–Crippen MR) is 104 cm³/mol. The lowest BCUT2D eigenvalue weighted by molar-refractivity contribution is -0.133. The minimum atomic E-state index is -0.0144. The van der Waals surface area contributed by atoms with Crippen molar-refractivity contribution >= 4 is 5.91 Å². The molecule has 0 aliphatic carbocycles. The monoisotopic (exact) mass is 391 g/mol. The highest BCUT2D eigenvalue weighted by Gasteiger charge is 2.31. The molecule has 3 heterocycles. The van der Waals surface area contributed by atoms with Gasteiger partial charge in [0.05, 0.1) is 6.04 Å². The van der Waals surface area contributed by atoms with Gasteiger partial charge in [0.25, 0.3) is 0 Å². The van der Waals surface area contributed by atoms with Crippen molar-refractivity contribution in [2.24, 2.45) is 0 Å². The molecule has 0 spiro atoms. The number of carbonyl (C=O) groups excluding carboxylic acids is 1. The van der Waals surface area contributed by atoms with Crippen LogP contribution in [-0.2, 0) is 11.3 Å². The Kier molecular flexibility index (Phi) is 4.59. The summed E-state index contributed by atoms with van der Waals surface area (Å²) in [6.45, 7) is 1.90. The molecule has 0 saturated carbocycles. The molecule has 0 radical (unpaired) electrons. The molecule has 8 nitrogen and oxygen atoms in total. The van der Waals surface area contributed by atoms with Gasteiger partial charge >= 0.3 is 0 Å². The molecular formula is C21H21N5O3. The number of aromatic nitrogens is 4. The van der Waals surface area contributed by atoms with Gasteiger partial charge in [0.2, 0.25) is 11.7 Å². The fourth-order valence-electron chi connectivity index (χ4n) is 3.90. The second-order valence-corrected chi connectivity index (χ2v) is 7.16. The molecule has 1 fully saturated rings. The van der Waals surface area contributed by atoms with Crippen LogP contribution >= 0.6 is 0 Å². The summed E-state index contributed by atoms with van der Waals surface area (Å²) in [5.41, 5.74) is 1.94. The van der Waals surface area contributed by atoms with Crippen molar-refractivity contribution in [2.75, 3.05) is 19.8 Å². The Morgan fingerprint density at radius 3 is 2.76 bits per heavy atom. The molecule has 0 bridgehead atoms. The Hall–Kier alpha value is -3.42. The molecule has 0 N–H and O–H groups in total. The largest absolute Gasteiger partial charge is 0.486 e. The smallest absolute Gasteiger partial charge is 0.246 e. The van der Waals surface area contributed by atoms with Gasteiger partial charge in [-0.25, -0.2) is 0 Å². The number of tetrazole rings is 1. The summed E-state index contributed by atoms with van der Waals surface area (Å²) in [6, 6.07) is 15.6. The van der Waals surface area contributed by atoms with Gasteiger partial charge in [0, 0.05) is 12.1 Å². The minimum absolute atomic E-state index is 0.0144. The Bertz CT molecular complexity index is 1020. The zero-order valence-corrected chi connectivity index (χ0v) is 15.9. The topological polar surface area (TPSA) is 82.4 Å². The van der Waals surface area contributed by atoms with Crippen LogP contribution in [0, 0.1) is 0 Å². The Morgan fingerprint density at radius 2 is 1.90 bits per heavy atom. The standard InChI is InChI=1S/C21H21N5O3/c27-20(14-26-23-21(22-24-26)15-5-2-1-3-6-15)25-10-4-7-17(25)16-8-9-18-19(13-16)29-12-11-28-18/h1-3,5-6,8-9,13,17H,4,7,10-12,14H2. The normalized spacial score (nSPS) is 18.1. The first-order valence-corrected chi connectivity index (χ1v) is 9.80. The third-order valence-corrected chi connectivity index (χ3v) is 5.29. The molecule has 8 heteroatoms. The molecule has 1 unspecified atom stereocenters. The van der Waals surface area contributed by atoms with Gasteiger partial charge in [0.15, 0.2) is 11.5 Å². The molecular weight excluding hydrogens is 370 g/mol. The maximum absolute atomic E-state index is 13.0. The number of fused-ring (bicyclic) bond motifs is 1. The van der Waals surface area contributed by atoms with E-state index in [1.807, 2.05) is 53.4 Å². The van der Waals surface area contributed by atoms with Crippen LogP contribution in [0.1, 0.15) is 24.4 Å². The second kappa shape index (κ2) is 7.54. The van der Waals surface area contributed by atoms with Gasteiger partial charge in [0.1, 0.15) is 19.8 Å². The van der Waals surface area contributed by atoms with Crippen molar-refractivity contribution in [3.8, 4) is 22.9 Å². The number of rotatable bonds is 4. The number of benzene rings is 2. The zero-order valence-electron chi connectivity index (χ0n) is 15.9. The van der Waals surface area contributed by atoms with Gasteiger partial charge in [-0.2, -0.15) is 4.80 Å². The molecule has 148 valence electrons. The predicted octanol–water partition coefficient (Wildman–Crippen LogP) is 2.48. The van der Waals surface area contributed by atoms with E-state index in [-0.39, 0.29) is 18.5 Å². The van der Waals surface area contributed by atoms with Crippen molar-refractivity contribution < 1.29 is 14.3 Å². The van der Waals surface area contributed by atoms with Crippen LogP contribution in [-0.4, -0.2) is 50.8 Å². The third-order valence-electron chi connectivity index (χ3n) is 5.29. The van der Waals surface area contributed by atoms with Crippen LogP contribution in [0.25, 0.3) is 11.4 Å². The van der Waals surface area contributed by atoms with E-state index in [9.17, 15) is 4.79 Å². The van der Waals surface area contributed by atoms with E-state index in [0.29, 0.717) is 19.0 Å².